The van der Waals surface area contributed by atoms with Crippen LogP contribution >= 0.6 is 11.3 Å². The van der Waals surface area contributed by atoms with Crippen molar-refractivity contribution in [1.29, 1.82) is 0 Å². The van der Waals surface area contributed by atoms with Crippen molar-refractivity contribution < 1.29 is 27.9 Å². The van der Waals surface area contributed by atoms with Crippen molar-refractivity contribution in [2.45, 2.75) is 51.0 Å². The van der Waals surface area contributed by atoms with E-state index in [0.29, 0.717) is 19.4 Å². The molecule has 1 fully saturated rings. The predicted molar refractivity (Wildman–Crippen MR) is 88.9 cm³/mol. The number of alkyl halides is 3. The van der Waals surface area contributed by atoms with E-state index in [4.69, 9.17) is 5.11 Å². The maximum absolute atomic E-state index is 12.6. The molecule has 0 bridgehead atoms. The number of carbonyl (C=O) groups is 2. The molecule has 0 aliphatic heterocycles. The summed E-state index contributed by atoms with van der Waals surface area (Å²) in [6, 6.07) is -1.11. The summed E-state index contributed by atoms with van der Waals surface area (Å²) in [6.45, 7) is 4.01. The number of carboxylic acid groups (broad SMARTS) is 1. The van der Waals surface area contributed by atoms with Crippen LogP contribution in [0.15, 0.2) is 5.38 Å². The third kappa shape index (κ3) is 5.31. The lowest BCUT2D eigenvalue weighted by atomic mass is 9.85. The van der Waals surface area contributed by atoms with Crippen LogP contribution in [0.5, 0.6) is 0 Å². The van der Waals surface area contributed by atoms with Gasteiger partial charge in [0.15, 0.2) is 5.69 Å². The lowest BCUT2D eigenvalue weighted by Gasteiger charge is -2.42. The minimum Gasteiger partial charge on any atom is -0.480 e. The molecule has 2 amide bonds. The lowest BCUT2D eigenvalue weighted by molar-refractivity contribution is -0.141. The van der Waals surface area contributed by atoms with Crippen LogP contribution in [0.3, 0.4) is 0 Å². The first-order chi connectivity index (χ1) is 12.1. The van der Waals surface area contributed by atoms with Gasteiger partial charge in [0.25, 0.3) is 0 Å². The minimum absolute atomic E-state index is 0.0390. The van der Waals surface area contributed by atoms with E-state index in [1.807, 2.05) is 11.8 Å². The Morgan fingerprint density at radius 1 is 1.46 bits per heavy atom. The normalized spacial score (nSPS) is 21.2. The van der Waals surface area contributed by atoms with Crippen molar-refractivity contribution in [3.05, 3.63) is 16.1 Å². The molecule has 1 heterocycles. The molecule has 11 heteroatoms. The molecule has 1 saturated carbocycles. The van der Waals surface area contributed by atoms with Gasteiger partial charge >= 0.3 is 18.2 Å². The van der Waals surface area contributed by atoms with Crippen molar-refractivity contribution in [1.82, 2.24) is 20.5 Å². The summed E-state index contributed by atoms with van der Waals surface area (Å²) in [5.74, 6) is -0.892. The average Bonchev–Trinajstić information content (AvgIpc) is 2.98. The third-order valence-corrected chi connectivity index (χ3v) is 5.27. The number of likely N-dealkylation sites (N-methyl/N-ethyl adjacent to an activating group) is 1. The summed E-state index contributed by atoms with van der Waals surface area (Å²) in [5, 5.41) is 15.3. The Bertz CT molecular complexity index is 646. The number of urea groups is 1. The molecule has 1 aromatic rings. The summed E-state index contributed by atoms with van der Waals surface area (Å²) in [4.78, 5) is 28.1. The highest BCUT2D eigenvalue weighted by atomic mass is 32.1. The van der Waals surface area contributed by atoms with Gasteiger partial charge in [-0.25, -0.2) is 9.78 Å². The molecule has 146 valence electrons. The highest BCUT2D eigenvalue weighted by Gasteiger charge is 2.36. The van der Waals surface area contributed by atoms with E-state index >= 15 is 0 Å². The Hall–Kier alpha value is -1.88. The molecule has 1 unspecified atom stereocenters. The second-order valence-corrected chi connectivity index (χ2v) is 7.08. The molecule has 2 rings (SSSR count). The van der Waals surface area contributed by atoms with Crippen molar-refractivity contribution >= 4 is 23.3 Å². The molecule has 0 saturated heterocycles. The standard InChI is InChI=1S/C15H21F3N4O3S/c1-3-22(6-12(23)24)10-4-9(5-10)20-14(25)19-8(2)13-21-11(7-26-13)15(16,17)18/h7-10H,3-6H2,1-2H3,(H,23,24)(H2,19,20,25). The fourth-order valence-electron chi connectivity index (χ4n) is 2.78. The van der Waals surface area contributed by atoms with E-state index in [1.165, 1.54) is 0 Å². The van der Waals surface area contributed by atoms with Crippen LogP contribution in [0.1, 0.15) is 43.4 Å². The lowest BCUT2D eigenvalue weighted by Crippen LogP contribution is -2.56. The first-order valence-corrected chi connectivity index (χ1v) is 9.03. The topological polar surface area (TPSA) is 94.6 Å². The van der Waals surface area contributed by atoms with Crippen LogP contribution in [0.25, 0.3) is 0 Å². The number of halogens is 3. The van der Waals surface area contributed by atoms with Gasteiger partial charge < -0.3 is 15.7 Å². The molecular formula is C15H21F3N4O3S. The Balaban J connectivity index is 1.77. The summed E-state index contributed by atoms with van der Waals surface area (Å²) in [5.41, 5.74) is -0.966. The van der Waals surface area contributed by atoms with E-state index in [0.717, 1.165) is 16.7 Å². The SMILES string of the molecule is CCN(CC(=O)O)C1CC(NC(=O)NC(C)c2nc(C(F)(F)F)cs2)C1. The molecule has 1 aliphatic carbocycles. The Labute approximate surface area is 152 Å². The smallest absolute Gasteiger partial charge is 0.434 e. The van der Waals surface area contributed by atoms with Gasteiger partial charge in [0.1, 0.15) is 5.01 Å². The number of carbonyl (C=O) groups excluding carboxylic acids is 1. The minimum atomic E-state index is -4.50. The zero-order chi connectivity index (χ0) is 19.5. The summed E-state index contributed by atoms with van der Waals surface area (Å²) in [7, 11) is 0. The number of aromatic nitrogens is 1. The third-order valence-electron chi connectivity index (χ3n) is 4.24. The molecule has 1 atom stereocenters. The predicted octanol–water partition coefficient (Wildman–Crippen LogP) is 2.46. The maximum Gasteiger partial charge on any atom is 0.434 e. The van der Waals surface area contributed by atoms with Crippen molar-refractivity contribution in [3.8, 4) is 0 Å². The molecular weight excluding hydrogens is 373 g/mol. The fraction of sp³-hybridized carbons (Fsp3) is 0.667. The number of hydrogen-bond acceptors (Lipinski definition) is 5. The van der Waals surface area contributed by atoms with Crippen molar-refractivity contribution in [2.24, 2.45) is 0 Å². The Morgan fingerprint density at radius 3 is 2.62 bits per heavy atom. The van der Waals surface area contributed by atoms with Gasteiger partial charge in [0.2, 0.25) is 0 Å². The number of carboxylic acids is 1. The summed E-state index contributed by atoms with van der Waals surface area (Å²) in [6.07, 6.45) is -3.23. The van der Waals surface area contributed by atoms with Gasteiger partial charge in [-0.1, -0.05) is 6.92 Å². The van der Waals surface area contributed by atoms with Gasteiger partial charge in [0, 0.05) is 17.5 Å². The molecule has 3 N–H and O–H groups in total. The zero-order valence-corrected chi connectivity index (χ0v) is 15.2. The number of hydrogen-bond donors (Lipinski definition) is 3. The van der Waals surface area contributed by atoms with Crippen LogP contribution in [0.4, 0.5) is 18.0 Å². The van der Waals surface area contributed by atoms with Crippen LogP contribution < -0.4 is 10.6 Å². The number of nitrogens with zero attached hydrogens (tertiary/aromatic N) is 2. The maximum atomic E-state index is 12.6. The number of rotatable bonds is 7. The Morgan fingerprint density at radius 2 is 2.12 bits per heavy atom. The highest BCUT2D eigenvalue weighted by Crippen LogP contribution is 2.31. The second kappa shape index (κ2) is 8.21. The first kappa shape index (κ1) is 20.4. The van der Waals surface area contributed by atoms with E-state index < -0.39 is 29.9 Å². The molecule has 1 aliphatic rings. The van der Waals surface area contributed by atoms with Gasteiger partial charge in [0.05, 0.1) is 12.6 Å². The van der Waals surface area contributed by atoms with Crippen LogP contribution in [0, 0.1) is 0 Å². The number of aliphatic carboxylic acids is 1. The number of nitrogens with one attached hydrogen (secondary N) is 2. The van der Waals surface area contributed by atoms with E-state index in [-0.39, 0.29) is 23.6 Å². The molecule has 26 heavy (non-hydrogen) atoms. The highest BCUT2D eigenvalue weighted by molar-refractivity contribution is 7.09. The number of thiazole rings is 1. The molecule has 0 aromatic carbocycles. The van der Waals surface area contributed by atoms with Gasteiger partial charge in [-0.2, -0.15) is 13.2 Å². The van der Waals surface area contributed by atoms with Crippen molar-refractivity contribution in [2.75, 3.05) is 13.1 Å². The Kier molecular flexibility index (Phi) is 6.45. The molecule has 1 aromatic heterocycles. The largest absolute Gasteiger partial charge is 0.480 e. The molecule has 0 spiro atoms. The number of amides is 2. The second-order valence-electron chi connectivity index (χ2n) is 6.19. The summed E-state index contributed by atoms with van der Waals surface area (Å²) >= 11 is 0.842. The quantitative estimate of drug-likeness (QED) is 0.660. The average molecular weight is 394 g/mol. The van der Waals surface area contributed by atoms with E-state index in [9.17, 15) is 22.8 Å². The van der Waals surface area contributed by atoms with Crippen LogP contribution in [-0.4, -0.2) is 52.2 Å². The van der Waals surface area contributed by atoms with Crippen molar-refractivity contribution in [3.63, 3.8) is 0 Å². The summed E-state index contributed by atoms with van der Waals surface area (Å²) < 4.78 is 37.7. The zero-order valence-electron chi connectivity index (χ0n) is 14.3. The fourth-order valence-corrected chi connectivity index (χ4v) is 3.61. The van der Waals surface area contributed by atoms with E-state index in [2.05, 4.69) is 15.6 Å². The van der Waals surface area contributed by atoms with Crippen LogP contribution in [0.2, 0.25) is 0 Å². The van der Waals surface area contributed by atoms with Crippen LogP contribution in [-0.2, 0) is 11.0 Å². The monoisotopic (exact) mass is 394 g/mol. The molecule has 0 radical (unpaired) electrons. The van der Waals surface area contributed by atoms with Gasteiger partial charge in [-0.05, 0) is 26.3 Å². The van der Waals surface area contributed by atoms with Gasteiger partial charge in [-0.3, -0.25) is 9.69 Å². The van der Waals surface area contributed by atoms with E-state index in [1.54, 1.807) is 6.92 Å². The first-order valence-electron chi connectivity index (χ1n) is 8.15. The molecule has 7 nitrogen and oxygen atoms in total. The van der Waals surface area contributed by atoms with Gasteiger partial charge in [-0.15, -0.1) is 11.3 Å².